The first-order chi connectivity index (χ1) is 9.98. The molecule has 0 fully saturated rings. The third kappa shape index (κ3) is 4.47. The summed E-state index contributed by atoms with van der Waals surface area (Å²) in [4.78, 5) is 12.4. The Morgan fingerprint density at radius 3 is 2.18 bits per heavy atom. The van der Waals surface area contributed by atoms with Gasteiger partial charge in [0.05, 0.1) is 5.56 Å². The predicted molar refractivity (Wildman–Crippen MR) is 91.5 cm³/mol. The third-order valence-electron chi connectivity index (χ3n) is 3.70. The number of carbonyl (C=O) groups excluding carboxylic acids is 1. The molecule has 1 amide bonds. The topological polar surface area (TPSA) is 75.4 Å². The van der Waals surface area contributed by atoms with Crippen LogP contribution in [-0.4, -0.2) is 24.1 Å². The van der Waals surface area contributed by atoms with Crippen LogP contribution in [0.4, 0.5) is 0 Å². The molecule has 4 nitrogen and oxygen atoms in total. The monoisotopic (exact) mass is 306 g/mol. The Labute approximate surface area is 134 Å². The molecule has 0 aliphatic heterocycles. The molecule has 4 heteroatoms. The number of amides is 1. The van der Waals surface area contributed by atoms with Gasteiger partial charge in [0.15, 0.2) is 0 Å². The van der Waals surface area contributed by atoms with Gasteiger partial charge in [-0.1, -0.05) is 47.6 Å². The highest BCUT2D eigenvalue weighted by molar-refractivity contribution is 5.97. The van der Waals surface area contributed by atoms with Gasteiger partial charge in [-0.25, -0.2) is 0 Å². The summed E-state index contributed by atoms with van der Waals surface area (Å²) >= 11 is 0. The van der Waals surface area contributed by atoms with E-state index < -0.39 is 0 Å². The number of aromatic hydroxyl groups is 1. The summed E-state index contributed by atoms with van der Waals surface area (Å²) in [7, 11) is 0. The van der Waals surface area contributed by atoms with Crippen molar-refractivity contribution in [2.45, 2.75) is 58.8 Å². The molecular formula is C18H30N2O2. The first-order valence-electron chi connectivity index (χ1n) is 7.84. The van der Waals surface area contributed by atoms with Gasteiger partial charge in [-0.2, -0.15) is 0 Å². The fraction of sp³-hybridized carbons (Fsp3) is 0.611. The lowest BCUT2D eigenvalue weighted by atomic mass is 9.79. The average Bonchev–Trinajstić information content (AvgIpc) is 2.36. The van der Waals surface area contributed by atoms with E-state index in [-0.39, 0.29) is 22.5 Å². The summed E-state index contributed by atoms with van der Waals surface area (Å²) in [6, 6.07) is 3.80. The van der Waals surface area contributed by atoms with Crippen molar-refractivity contribution < 1.29 is 9.90 Å². The highest BCUT2D eigenvalue weighted by atomic mass is 16.3. The Kier molecular flexibility index (Phi) is 5.63. The average molecular weight is 306 g/mol. The minimum Gasteiger partial charge on any atom is -0.507 e. The zero-order chi connectivity index (χ0) is 17.1. The SMILES string of the molecule is CC(C)(C)c1cc(C(=O)NCCCN)c(O)c(C(C)(C)C)c1. The van der Waals surface area contributed by atoms with Crippen LogP contribution in [-0.2, 0) is 10.8 Å². The van der Waals surface area contributed by atoms with E-state index in [1.165, 1.54) is 0 Å². The van der Waals surface area contributed by atoms with Gasteiger partial charge in [-0.3, -0.25) is 4.79 Å². The lowest BCUT2D eigenvalue weighted by Gasteiger charge is -2.27. The molecule has 0 radical (unpaired) electrons. The van der Waals surface area contributed by atoms with Gasteiger partial charge in [0, 0.05) is 12.1 Å². The van der Waals surface area contributed by atoms with Crippen molar-refractivity contribution in [2.24, 2.45) is 5.73 Å². The molecule has 22 heavy (non-hydrogen) atoms. The number of benzene rings is 1. The van der Waals surface area contributed by atoms with Crippen molar-refractivity contribution in [3.63, 3.8) is 0 Å². The lowest BCUT2D eigenvalue weighted by molar-refractivity contribution is 0.0950. The minimum atomic E-state index is -0.248. The van der Waals surface area contributed by atoms with Crippen LogP contribution < -0.4 is 11.1 Å². The molecular weight excluding hydrogens is 276 g/mol. The van der Waals surface area contributed by atoms with E-state index in [0.717, 1.165) is 17.5 Å². The van der Waals surface area contributed by atoms with E-state index in [9.17, 15) is 9.90 Å². The van der Waals surface area contributed by atoms with Crippen LogP contribution in [0.1, 0.15) is 69.4 Å². The highest BCUT2D eigenvalue weighted by Gasteiger charge is 2.26. The number of hydrogen-bond donors (Lipinski definition) is 3. The van der Waals surface area contributed by atoms with Gasteiger partial charge >= 0.3 is 0 Å². The molecule has 1 aromatic carbocycles. The maximum atomic E-state index is 12.4. The molecule has 0 aromatic heterocycles. The quantitative estimate of drug-likeness (QED) is 0.748. The van der Waals surface area contributed by atoms with Gasteiger partial charge in [0.25, 0.3) is 5.91 Å². The molecule has 0 saturated heterocycles. The van der Waals surface area contributed by atoms with Crippen molar-refractivity contribution in [3.8, 4) is 5.75 Å². The second-order valence-corrected chi connectivity index (χ2v) is 7.82. The summed E-state index contributed by atoms with van der Waals surface area (Å²) in [5.41, 5.74) is 7.29. The van der Waals surface area contributed by atoms with Crippen molar-refractivity contribution in [2.75, 3.05) is 13.1 Å². The van der Waals surface area contributed by atoms with Crippen LogP contribution in [0.15, 0.2) is 12.1 Å². The molecule has 4 N–H and O–H groups in total. The van der Waals surface area contributed by atoms with Crippen molar-refractivity contribution in [1.82, 2.24) is 5.32 Å². The van der Waals surface area contributed by atoms with Gasteiger partial charge in [-0.05, 0) is 35.4 Å². The Morgan fingerprint density at radius 2 is 1.73 bits per heavy atom. The third-order valence-corrected chi connectivity index (χ3v) is 3.70. The molecule has 0 aliphatic rings. The Morgan fingerprint density at radius 1 is 1.14 bits per heavy atom. The van der Waals surface area contributed by atoms with E-state index in [2.05, 4.69) is 26.1 Å². The number of rotatable bonds is 4. The number of phenols is 1. The minimum absolute atomic E-state index is 0.0748. The van der Waals surface area contributed by atoms with E-state index in [1.807, 2.05) is 26.8 Å². The fourth-order valence-electron chi connectivity index (χ4n) is 2.21. The second kappa shape index (κ2) is 6.69. The van der Waals surface area contributed by atoms with Gasteiger partial charge < -0.3 is 16.2 Å². The molecule has 0 heterocycles. The van der Waals surface area contributed by atoms with Crippen LogP contribution in [0.3, 0.4) is 0 Å². The molecule has 0 unspecified atom stereocenters. The molecule has 0 bridgehead atoms. The lowest BCUT2D eigenvalue weighted by Crippen LogP contribution is -2.27. The molecule has 124 valence electrons. The van der Waals surface area contributed by atoms with Gasteiger partial charge in [-0.15, -0.1) is 0 Å². The summed E-state index contributed by atoms with van der Waals surface area (Å²) in [6.07, 6.45) is 0.720. The molecule has 0 aliphatic carbocycles. The van der Waals surface area contributed by atoms with Crippen LogP contribution >= 0.6 is 0 Å². The Balaban J connectivity index is 3.34. The zero-order valence-electron chi connectivity index (χ0n) is 14.7. The summed E-state index contributed by atoms with van der Waals surface area (Å²) in [6.45, 7) is 13.4. The summed E-state index contributed by atoms with van der Waals surface area (Å²) < 4.78 is 0. The first kappa shape index (κ1) is 18.5. The molecule has 1 rings (SSSR count). The maximum absolute atomic E-state index is 12.4. The van der Waals surface area contributed by atoms with Crippen LogP contribution in [0.5, 0.6) is 5.75 Å². The maximum Gasteiger partial charge on any atom is 0.255 e. The van der Waals surface area contributed by atoms with Crippen molar-refractivity contribution in [1.29, 1.82) is 0 Å². The zero-order valence-corrected chi connectivity index (χ0v) is 14.7. The number of phenolic OH excluding ortho intramolecular Hbond substituents is 1. The standard InChI is InChI=1S/C18H30N2O2/c1-17(2,3)12-10-13(16(22)20-9-7-8-19)15(21)14(11-12)18(4,5)6/h10-11,21H,7-9,19H2,1-6H3,(H,20,22). The highest BCUT2D eigenvalue weighted by Crippen LogP contribution is 2.37. The van der Waals surface area contributed by atoms with Gasteiger partial charge in [0.2, 0.25) is 0 Å². The largest absolute Gasteiger partial charge is 0.507 e. The summed E-state index contributed by atoms with van der Waals surface area (Å²) in [5, 5.41) is 13.4. The number of nitrogens with one attached hydrogen (secondary N) is 1. The van der Waals surface area contributed by atoms with Crippen LogP contribution in [0.25, 0.3) is 0 Å². The van der Waals surface area contributed by atoms with E-state index in [4.69, 9.17) is 5.73 Å². The Bertz CT molecular complexity index is 537. The van der Waals surface area contributed by atoms with Crippen LogP contribution in [0.2, 0.25) is 0 Å². The predicted octanol–water partition coefficient (Wildman–Crippen LogP) is 3.07. The number of nitrogens with two attached hydrogens (primary N) is 1. The number of hydrogen-bond acceptors (Lipinski definition) is 3. The molecule has 1 aromatic rings. The van der Waals surface area contributed by atoms with E-state index >= 15 is 0 Å². The first-order valence-corrected chi connectivity index (χ1v) is 7.84. The van der Waals surface area contributed by atoms with Crippen molar-refractivity contribution >= 4 is 5.91 Å². The fourth-order valence-corrected chi connectivity index (χ4v) is 2.21. The second-order valence-electron chi connectivity index (χ2n) is 7.82. The van der Waals surface area contributed by atoms with Crippen LogP contribution in [0, 0.1) is 0 Å². The normalized spacial score (nSPS) is 12.3. The van der Waals surface area contributed by atoms with Crippen molar-refractivity contribution in [3.05, 3.63) is 28.8 Å². The van der Waals surface area contributed by atoms with E-state index in [1.54, 1.807) is 6.07 Å². The molecule has 0 saturated carbocycles. The smallest absolute Gasteiger partial charge is 0.255 e. The summed E-state index contributed by atoms with van der Waals surface area (Å²) in [5.74, 6) is -0.173. The number of carbonyl (C=O) groups is 1. The molecule has 0 spiro atoms. The van der Waals surface area contributed by atoms with E-state index in [0.29, 0.717) is 18.7 Å². The molecule has 0 atom stereocenters. The van der Waals surface area contributed by atoms with Gasteiger partial charge in [0.1, 0.15) is 5.75 Å². The Hall–Kier alpha value is -1.55.